The van der Waals surface area contributed by atoms with Gasteiger partial charge in [-0.15, -0.1) is 0 Å². The minimum Gasteiger partial charge on any atom is -0.468 e. The Morgan fingerprint density at radius 1 is 1.16 bits per heavy atom. The van der Waals surface area contributed by atoms with Crippen molar-refractivity contribution in [1.82, 2.24) is 5.32 Å². The molecule has 19 heavy (non-hydrogen) atoms. The summed E-state index contributed by atoms with van der Waals surface area (Å²) in [5.41, 5.74) is -0.365. The van der Waals surface area contributed by atoms with Gasteiger partial charge in [0.2, 0.25) is 0 Å². The summed E-state index contributed by atoms with van der Waals surface area (Å²) < 4.78 is 43.8. The summed E-state index contributed by atoms with van der Waals surface area (Å²) in [5, 5.41) is 3.02. The molecule has 1 aromatic heterocycles. The van der Waals surface area contributed by atoms with Crippen LogP contribution in [0.4, 0.5) is 13.2 Å². The van der Waals surface area contributed by atoms with Gasteiger partial charge in [-0.2, -0.15) is 13.2 Å². The molecule has 2 rings (SSSR count). The molecule has 0 spiro atoms. The maximum Gasteiger partial charge on any atom is 0.416 e. The molecule has 0 aliphatic carbocycles. The molecule has 2 aromatic rings. The number of nitrogens with one attached hydrogen (secondary N) is 1. The Bertz CT molecular complexity index is 520. The number of hydrogen-bond donors (Lipinski definition) is 1. The number of benzene rings is 1. The van der Waals surface area contributed by atoms with E-state index in [9.17, 15) is 13.2 Å². The van der Waals surface area contributed by atoms with Crippen LogP contribution in [0.3, 0.4) is 0 Å². The average molecular weight is 269 g/mol. The fraction of sp³-hybridized carbons (Fsp3) is 0.286. The van der Waals surface area contributed by atoms with Crippen LogP contribution in [0.5, 0.6) is 0 Å². The second-order valence-corrected chi connectivity index (χ2v) is 4.27. The number of halogens is 3. The van der Waals surface area contributed by atoms with Gasteiger partial charge in [-0.1, -0.05) is 18.2 Å². The number of furan rings is 1. The highest BCUT2D eigenvalue weighted by molar-refractivity contribution is 5.32. The Balaban J connectivity index is 2.12. The molecule has 2 nitrogen and oxygen atoms in total. The SMILES string of the molecule is CC(NCc1ccco1)c1ccccc1C(F)(F)F. The lowest BCUT2D eigenvalue weighted by Gasteiger charge is -2.19. The highest BCUT2D eigenvalue weighted by atomic mass is 19.4. The second-order valence-electron chi connectivity index (χ2n) is 4.27. The summed E-state index contributed by atoms with van der Waals surface area (Å²) in [6, 6.07) is 8.69. The lowest BCUT2D eigenvalue weighted by Crippen LogP contribution is -2.21. The van der Waals surface area contributed by atoms with E-state index in [0.717, 1.165) is 6.07 Å². The van der Waals surface area contributed by atoms with E-state index in [1.807, 2.05) is 0 Å². The molecule has 0 saturated carbocycles. The zero-order valence-corrected chi connectivity index (χ0v) is 10.4. The molecule has 0 saturated heterocycles. The van der Waals surface area contributed by atoms with Crippen molar-refractivity contribution in [2.24, 2.45) is 0 Å². The summed E-state index contributed by atoms with van der Waals surface area (Å²) in [4.78, 5) is 0. The summed E-state index contributed by atoms with van der Waals surface area (Å²) in [6.07, 6.45) is -2.80. The third-order valence-electron chi connectivity index (χ3n) is 2.90. The first-order valence-electron chi connectivity index (χ1n) is 5.90. The molecule has 0 aliphatic heterocycles. The van der Waals surface area contributed by atoms with Crippen molar-refractivity contribution >= 4 is 0 Å². The van der Waals surface area contributed by atoms with Gasteiger partial charge < -0.3 is 9.73 Å². The van der Waals surface area contributed by atoms with Crippen LogP contribution in [0, 0.1) is 0 Å². The second kappa shape index (κ2) is 5.48. The first-order chi connectivity index (χ1) is 8.98. The van der Waals surface area contributed by atoms with Crippen molar-refractivity contribution in [2.45, 2.75) is 25.7 Å². The molecular formula is C14H14F3NO. The molecule has 0 radical (unpaired) electrons. The van der Waals surface area contributed by atoms with Gasteiger partial charge in [0.15, 0.2) is 0 Å². The smallest absolute Gasteiger partial charge is 0.416 e. The summed E-state index contributed by atoms with van der Waals surface area (Å²) >= 11 is 0. The van der Waals surface area contributed by atoms with Gasteiger partial charge in [0.25, 0.3) is 0 Å². The van der Waals surface area contributed by atoms with E-state index in [2.05, 4.69) is 5.32 Å². The predicted octanol–water partition coefficient (Wildman–Crippen LogP) is 4.15. The van der Waals surface area contributed by atoms with Gasteiger partial charge in [-0.25, -0.2) is 0 Å². The Hall–Kier alpha value is -1.75. The molecule has 102 valence electrons. The molecule has 1 N–H and O–H groups in total. The van der Waals surface area contributed by atoms with Crippen LogP contribution in [0.15, 0.2) is 47.1 Å². The average Bonchev–Trinajstić information content (AvgIpc) is 2.88. The van der Waals surface area contributed by atoms with Crippen LogP contribution < -0.4 is 5.32 Å². The van der Waals surface area contributed by atoms with E-state index >= 15 is 0 Å². The maximum absolute atomic E-state index is 12.9. The van der Waals surface area contributed by atoms with E-state index in [0.29, 0.717) is 12.3 Å². The molecule has 0 amide bonds. The van der Waals surface area contributed by atoms with Crippen molar-refractivity contribution in [1.29, 1.82) is 0 Å². The topological polar surface area (TPSA) is 25.2 Å². The van der Waals surface area contributed by atoms with E-state index in [-0.39, 0.29) is 5.56 Å². The van der Waals surface area contributed by atoms with Crippen LogP contribution in [-0.4, -0.2) is 0 Å². The molecule has 5 heteroatoms. The molecular weight excluding hydrogens is 255 g/mol. The Morgan fingerprint density at radius 2 is 1.89 bits per heavy atom. The fourth-order valence-corrected chi connectivity index (χ4v) is 1.91. The molecule has 1 atom stereocenters. The number of hydrogen-bond acceptors (Lipinski definition) is 2. The third kappa shape index (κ3) is 3.38. The zero-order valence-electron chi connectivity index (χ0n) is 10.4. The van der Waals surface area contributed by atoms with Gasteiger partial charge in [0.05, 0.1) is 18.4 Å². The molecule has 0 bridgehead atoms. The Labute approximate surface area is 109 Å². The van der Waals surface area contributed by atoms with Gasteiger partial charge in [-0.05, 0) is 30.7 Å². The summed E-state index contributed by atoms with van der Waals surface area (Å²) in [7, 11) is 0. The molecule has 1 aromatic carbocycles. The van der Waals surface area contributed by atoms with Crippen molar-refractivity contribution in [3.05, 3.63) is 59.5 Å². The zero-order chi connectivity index (χ0) is 13.9. The standard InChI is InChI=1S/C14H14F3NO/c1-10(18-9-11-5-4-8-19-11)12-6-2-3-7-13(12)14(15,16)17/h2-8,10,18H,9H2,1H3. The summed E-state index contributed by atoms with van der Waals surface area (Å²) in [5.74, 6) is 0.691. The van der Waals surface area contributed by atoms with Crippen molar-refractivity contribution in [3.63, 3.8) is 0 Å². The molecule has 1 heterocycles. The van der Waals surface area contributed by atoms with Gasteiger partial charge >= 0.3 is 6.18 Å². The summed E-state index contributed by atoms with van der Waals surface area (Å²) in [6.45, 7) is 2.09. The number of alkyl halides is 3. The Kier molecular flexibility index (Phi) is 3.95. The maximum atomic E-state index is 12.9. The Morgan fingerprint density at radius 3 is 2.53 bits per heavy atom. The lowest BCUT2D eigenvalue weighted by atomic mass is 10.0. The van der Waals surface area contributed by atoms with Gasteiger partial charge in [0, 0.05) is 6.04 Å². The van der Waals surface area contributed by atoms with Gasteiger partial charge in [-0.3, -0.25) is 0 Å². The quantitative estimate of drug-likeness (QED) is 0.902. The highest BCUT2D eigenvalue weighted by Crippen LogP contribution is 2.34. The first kappa shape index (κ1) is 13.7. The van der Waals surface area contributed by atoms with Crippen LogP contribution in [0.1, 0.15) is 29.9 Å². The molecule has 1 unspecified atom stereocenters. The van der Waals surface area contributed by atoms with E-state index < -0.39 is 17.8 Å². The van der Waals surface area contributed by atoms with Crippen molar-refractivity contribution < 1.29 is 17.6 Å². The van der Waals surface area contributed by atoms with E-state index in [4.69, 9.17) is 4.42 Å². The van der Waals surface area contributed by atoms with Crippen molar-refractivity contribution in [2.75, 3.05) is 0 Å². The number of rotatable bonds is 4. The van der Waals surface area contributed by atoms with Crippen LogP contribution >= 0.6 is 0 Å². The van der Waals surface area contributed by atoms with Crippen molar-refractivity contribution in [3.8, 4) is 0 Å². The molecule has 0 aliphatic rings. The predicted molar refractivity (Wildman–Crippen MR) is 65.4 cm³/mol. The first-order valence-corrected chi connectivity index (χ1v) is 5.90. The third-order valence-corrected chi connectivity index (χ3v) is 2.90. The van der Waals surface area contributed by atoms with E-state index in [1.54, 1.807) is 25.1 Å². The highest BCUT2D eigenvalue weighted by Gasteiger charge is 2.33. The largest absolute Gasteiger partial charge is 0.468 e. The van der Waals surface area contributed by atoms with Crippen LogP contribution in [0.2, 0.25) is 0 Å². The normalized spacial score (nSPS) is 13.5. The molecule has 0 fully saturated rings. The van der Waals surface area contributed by atoms with Gasteiger partial charge in [0.1, 0.15) is 5.76 Å². The monoisotopic (exact) mass is 269 g/mol. The van der Waals surface area contributed by atoms with Crippen LogP contribution in [0.25, 0.3) is 0 Å². The minimum absolute atomic E-state index is 0.238. The minimum atomic E-state index is -4.34. The van der Waals surface area contributed by atoms with E-state index in [1.165, 1.54) is 18.4 Å². The lowest BCUT2D eigenvalue weighted by molar-refractivity contribution is -0.138. The fourth-order valence-electron chi connectivity index (χ4n) is 1.91. The van der Waals surface area contributed by atoms with Crippen LogP contribution in [-0.2, 0) is 12.7 Å².